The lowest BCUT2D eigenvalue weighted by atomic mass is 10.1. The molecular formula is C11H19NO2P2. The maximum absolute atomic E-state index is 11.4. The molecule has 3 atom stereocenters. The summed E-state index contributed by atoms with van der Waals surface area (Å²) in [4.78, 5) is 11.4. The first-order valence-corrected chi connectivity index (χ1v) is 6.05. The second-order valence-corrected chi connectivity index (χ2v) is 3.70. The summed E-state index contributed by atoms with van der Waals surface area (Å²) in [5, 5.41) is 2.85. The molecule has 0 radical (unpaired) electrons. The molecular weight excluding hydrogens is 240 g/mol. The summed E-state index contributed by atoms with van der Waals surface area (Å²) in [5.41, 5.74) is 1.07. The van der Waals surface area contributed by atoms with E-state index in [1.165, 1.54) is 0 Å². The van der Waals surface area contributed by atoms with E-state index in [0.29, 0.717) is 6.42 Å². The van der Waals surface area contributed by atoms with Crippen molar-refractivity contribution in [2.75, 3.05) is 0 Å². The molecule has 0 saturated heterocycles. The van der Waals surface area contributed by atoms with Gasteiger partial charge in [-0.3, -0.25) is 9.88 Å². The average Bonchev–Trinajstić information content (AvgIpc) is 2.31. The first-order chi connectivity index (χ1) is 7.69. The fourth-order valence-corrected chi connectivity index (χ4v) is 1.57. The van der Waals surface area contributed by atoms with Gasteiger partial charge in [-0.15, -0.1) is 0 Å². The molecule has 0 aromatic rings. The van der Waals surface area contributed by atoms with Crippen LogP contribution in [0.3, 0.4) is 0 Å². The fraction of sp³-hybridized carbons (Fsp3) is 0.364. The van der Waals surface area contributed by atoms with Crippen LogP contribution in [0.4, 0.5) is 0 Å². The van der Waals surface area contributed by atoms with E-state index in [-0.39, 0.29) is 12.0 Å². The van der Waals surface area contributed by atoms with E-state index < -0.39 is 0 Å². The van der Waals surface area contributed by atoms with E-state index in [1.54, 1.807) is 0 Å². The Morgan fingerprint density at radius 2 is 2.12 bits per heavy atom. The van der Waals surface area contributed by atoms with E-state index in [9.17, 15) is 4.79 Å². The number of hydrogen-bond acceptors (Lipinski definition) is 3. The molecule has 0 rings (SSSR count). The second kappa shape index (κ2) is 9.72. The van der Waals surface area contributed by atoms with Crippen LogP contribution in [-0.4, -0.2) is 12.0 Å². The summed E-state index contributed by atoms with van der Waals surface area (Å²) in [6, 6.07) is -0.352. The lowest BCUT2D eigenvalue weighted by molar-refractivity contribution is -0.134. The highest BCUT2D eigenvalue weighted by Crippen LogP contribution is 2.11. The molecule has 5 heteroatoms. The van der Waals surface area contributed by atoms with Gasteiger partial charge in [0.15, 0.2) is 0 Å². The van der Waals surface area contributed by atoms with Gasteiger partial charge in [-0.05, 0) is 25.8 Å². The van der Waals surface area contributed by atoms with Crippen LogP contribution in [-0.2, 0) is 9.32 Å². The van der Waals surface area contributed by atoms with Crippen molar-refractivity contribution in [3.63, 3.8) is 0 Å². The molecule has 0 fully saturated rings. The van der Waals surface area contributed by atoms with Gasteiger partial charge >= 0.3 is 5.97 Å². The van der Waals surface area contributed by atoms with Crippen molar-refractivity contribution in [3.05, 3.63) is 36.0 Å². The summed E-state index contributed by atoms with van der Waals surface area (Å²) in [5.74, 6) is -0.295. The quantitative estimate of drug-likeness (QED) is 0.588. The van der Waals surface area contributed by atoms with Crippen LogP contribution in [0.2, 0.25) is 0 Å². The molecule has 0 bridgehead atoms. The van der Waals surface area contributed by atoms with E-state index in [2.05, 4.69) is 19.0 Å². The first-order valence-electron chi connectivity index (χ1n) is 5.00. The van der Waals surface area contributed by atoms with Gasteiger partial charge in [0, 0.05) is 0 Å². The third-order valence-corrected chi connectivity index (χ3v) is 2.56. The van der Waals surface area contributed by atoms with Crippen LogP contribution in [0, 0.1) is 0 Å². The van der Waals surface area contributed by atoms with E-state index in [0.717, 1.165) is 5.57 Å². The first kappa shape index (κ1) is 15.5. The van der Waals surface area contributed by atoms with Crippen LogP contribution in [0.15, 0.2) is 36.0 Å². The Kier molecular flexibility index (Phi) is 9.42. The van der Waals surface area contributed by atoms with Crippen molar-refractivity contribution in [2.24, 2.45) is 0 Å². The second-order valence-electron chi connectivity index (χ2n) is 3.13. The fourth-order valence-electron chi connectivity index (χ4n) is 1.15. The molecule has 0 aromatic heterocycles. The molecule has 90 valence electrons. The third-order valence-electron chi connectivity index (χ3n) is 1.93. The molecule has 0 saturated carbocycles. The third kappa shape index (κ3) is 6.17. The van der Waals surface area contributed by atoms with Crippen molar-refractivity contribution in [3.8, 4) is 0 Å². The van der Waals surface area contributed by atoms with Crippen molar-refractivity contribution in [1.29, 1.82) is 0 Å². The highest BCUT2D eigenvalue weighted by Gasteiger charge is 2.17. The van der Waals surface area contributed by atoms with Gasteiger partial charge in [-0.2, -0.15) is 0 Å². The molecule has 0 spiro atoms. The zero-order chi connectivity index (χ0) is 12.4. The van der Waals surface area contributed by atoms with Gasteiger partial charge in [-0.25, -0.2) is 0 Å². The monoisotopic (exact) mass is 259 g/mol. The summed E-state index contributed by atoms with van der Waals surface area (Å²) in [6.45, 7) is 3.90. The van der Waals surface area contributed by atoms with Gasteiger partial charge < -0.3 is 4.52 Å². The van der Waals surface area contributed by atoms with Crippen LogP contribution in [0.5, 0.6) is 0 Å². The number of carbonyl (C=O) groups is 1. The zero-order valence-electron chi connectivity index (χ0n) is 9.64. The number of nitrogens with one attached hydrogen (secondary N) is 1. The Morgan fingerprint density at radius 3 is 2.56 bits per heavy atom. The molecule has 0 aromatic carbocycles. The summed E-state index contributed by atoms with van der Waals surface area (Å²) >= 11 is 0. The molecule has 0 aliphatic rings. The number of carbonyl (C=O) groups excluding carboxylic acids is 1. The van der Waals surface area contributed by atoms with E-state index in [4.69, 9.17) is 0 Å². The van der Waals surface area contributed by atoms with E-state index >= 15 is 0 Å². The maximum Gasteiger partial charge on any atom is 0.325 e. The number of allylic oxidation sites excluding steroid dienone is 5. The van der Waals surface area contributed by atoms with Crippen molar-refractivity contribution in [2.45, 2.75) is 26.3 Å². The molecule has 0 aliphatic carbocycles. The molecule has 0 amide bonds. The largest absolute Gasteiger partial charge is 0.450 e. The molecule has 3 nitrogen and oxygen atoms in total. The highest BCUT2D eigenvalue weighted by atomic mass is 31.0. The Balaban J connectivity index is 4.65. The normalized spacial score (nSPS) is 14.6. The minimum absolute atomic E-state index is 0.295. The van der Waals surface area contributed by atoms with Crippen LogP contribution in [0.25, 0.3) is 0 Å². The van der Waals surface area contributed by atoms with Crippen LogP contribution in [0.1, 0.15) is 20.3 Å². The molecule has 16 heavy (non-hydrogen) atoms. The Morgan fingerprint density at radius 1 is 1.44 bits per heavy atom. The molecule has 0 heterocycles. The topological polar surface area (TPSA) is 38.3 Å². The molecule has 0 aliphatic heterocycles. The number of rotatable bonds is 6. The minimum Gasteiger partial charge on any atom is -0.450 e. The highest BCUT2D eigenvalue weighted by molar-refractivity contribution is 7.14. The minimum atomic E-state index is -0.352. The lowest BCUT2D eigenvalue weighted by Crippen LogP contribution is -2.30. The van der Waals surface area contributed by atoms with Gasteiger partial charge in [0.2, 0.25) is 0 Å². The van der Waals surface area contributed by atoms with E-state index in [1.807, 2.05) is 53.7 Å². The predicted molar refractivity (Wildman–Crippen MR) is 74.8 cm³/mol. The van der Waals surface area contributed by atoms with Crippen molar-refractivity contribution in [1.82, 2.24) is 5.09 Å². The lowest BCUT2D eigenvalue weighted by Gasteiger charge is -2.13. The number of hydrogen-bond donors (Lipinski definition) is 1. The molecule has 3 unspecified atom stereocenters. The Bertz CT molecular complexity index is 298. The van der Waals surface area contributed by atoms with Gasteiger partial charge in [0.25, 0.3) is 0 Å². The zero-order valence-corrected chi connectivity index (χ0v) is 12.0. The van der Waals surface area contributed by atoms with Crippen molar-refractivity contribution >= 4 is 24.8 Å². The van der Waals surface area contributed by atoms with Gasteiger partial charge in [-0.1, -0.05) is 39.8 Å². The average molecular weight is 259 g/mol. The smallest absolute Gasteiger partial charge is 0.325 e. The van der Waals surface area contributed by atoms with Gasteiger partial charge in [0.05, 0.1) is 9.47 Å². The summed E-state index contributed by atoms with van der Waals surface area (Å²) in [6.07, 6.45) is 10.4. The van der Waals surface area contributed by atoms with Crippen molar-refractivity contribution < 1.29 is 9.32 Å². The SMILES string of the molecule is C\C=C/C=C(\C=C/C)CC(NP)C(=O)OP. The Labute approximate surface area is 102 Å². The predicted octanol–water partition coefficient (Wildman–Crippen LogP) is 2.54. The van der Waals surface area contributed by atoms with Crippen LogP contribution < -0.4 is 5.09 Å². The van der Waals surface area contributed by atoms with Crippen LogP contribution >= 0.6 is 18.9 Å². The summed E-state index contributed by atoms with van der Waals surface area (Å²) in [7, 11) is 4.30. The molecule has 1 N–H and O–H groups in total. The maximum atomic E-state index is 11.4. The summed E-state index contributed by atoms with van der Waals surface area (Å²) < 4.78 is 4.62. The standard InChI is InChI=1S/C11H19NO2P2/c1-3-5-7-9(6-4-2)8-10(12-15)11(13)14-16/h3-7,10,12H,8,15-16H2,1-2H3/b5-3-,6-4-,9-7+. The Hall–Kier alpha value is -0.490. The van der Waals surface area contributed by atoms with Gasteiger partial charge in [0.1, 0.15) is 6.04 Å².